The van der Waals surface area contributed by atoms with Gasteiger partial charge in [-0.05, 0) is 18.4 Å². The fourth-order valence-electron chi connectivity index (χ4n) is 2.84. The van der Waals surface area contributed by atoms with Gasteiger partial charge in [0, 0.05) is 6.54 Å². The minimum absolute atomic E-state index is 0.0418. The molecule has 1 fully saturated rings. The van der Waals surface area contributed by atoms with Crippen LogP contribution in [0, 0.1) is 11.3 Å². The monoisotopic (exact) mass is 358 g/mol. The van der Waals surface area contributed by atoms with Crippen LogP contribution in [0.25, 0.3) is 0 Å². The lowest BCUT2D eigenvalue weighted by molar-refractivity contribution is -0.145. The van der Waals surface area contributed by atoms with E-state index in [0.717, 1.165) is 6.42 Å². The molecule has 0 spiro atoms. The maximum absolute atomic E-state index is 12.1. The number of nitriles is 1. The number of nitrogens with one attached hydrogen (secondary N) is 2. The summed E-state index contributed by atoms with van der Waals surface area (Å²) in [6.07, 6.45) is 1.49. The molecule has 0 bridgehead atoms. The maximum Gasteiger partial charge on any atom is 0.333 e. The van der Waals surface area contributed by atoms with Crippen molar-refractivity contribution in [3.05, 3.63) is 35.9 Å². The Bertz CT molecular complexity index is 686. The van der Waals surface area contributed by atoms with Gasteiger partial charge >= 0.3 is 5.97 Å². The normalized spacial score (nSPS) is 17.2. The lowest BCUT2D eigenvalue weighted by Crippen LogP contribution is -2.44. The maximum atomic E-state index is 12.1. The fraction of sp³-hybridized carbons (Fsp3) is 0.444. The zero-order valence-electron chi connectivity index (χ0n) is 14.6. The third kappa shape index (κ3) is 5.04. The average molecular weight is 358 g/mol. The number of carbonyl (C=O) groups is 3. The third-order valence-electron chi connectivity index (χ3n) is 4.16. The Morgan fingerprint density at radius 1 is 1.31 bits per heavy atom. The average Bonchev–Trinajstić information content (AvgIpc) is 3.15. The van der Waals surface area contributed by atoms with Crippen molar-refractivity contribution in [1.82, 2.24) is 15.5 Å². The molecule has 2 rings (SSSR count). The highest BCUT2D eigenvalue weighted by atomic mass is 16.5. The van der Waals surface area contributed by atoms with Crippen LogP contribution >= 0.6 is 0 Å². The number of rotatable bonds is 7. The molecule has 26 heavy (non-hydrogen) atoms. The summed E-state index contributed by atoms with van der Waals surface area (Å²) in [6.45, 7) is 0.389. The Morgan fingerprint density at radius 2 is 2.04 bits per heavy atom. The molecule has 0 unspecified atom stereocenters. The minimum Gasteiger partial charge on any atom is -0.467 e. The number of hydrogen-bond acceptors (Lipinski definition) is 6. The number of carbonyl (C=O) groups excluding carboxylic acids is 3. The molecular formula is C18H22N4O4. The van der Waals surface area contributed by atoms with Crippen LogP contribution in [0.5, 0.6) is 0 Å². The lowest BCUT2D eigenvalue weighted by atomic mass is 10.1. The van der Waals surface area contributed by atoms with E-state index in [1.54, 1.807) is 30.3 Å². The Kier molecular flexibility index (Phi) is 7.12. The van der Waals surface area contributed by atoms with E-state index in [-0.39, 0.29) is 25.0 Å². The van der Waals surface area contributed by atoms with Crippen LogP contribution in [0.1, 0.15) is 24.4 Å². The molecule has 8 nitrogen and oxygen atoms in total. The summed E-state index contributed by atoms with van der Waals surface area (Å²) in [5.41, 5.74) is 0.609. The summed E-state index contributed by atoms with van der Waals surface area (Å²) in [5, 5.41) is 14.4. The number of hydrogen-bond donors (Lipinski definition) is 2. The van der Waals surface area contributed by atoms with Crippen LogP contribution in [0.2, 0.25) is 0 Å². The fourth-order valence-corrected chi connectivity index (χ4v) is 2.84. The van der Waals surface area contributed by atoms with E-state index in [1.807, 2.05) is 0 Å². The predicted molar refractivity (Wildman–Crippen MR) is 92.6 cm³/mol. The molecule has 2 amide bonds. The van der Waals surface area contributed by atoms with E-state index in [9.17, 15) is 14.4 Å². The summed E-state index contributed by atoms with van der Waals surface area (Å²) >= 11 is 0. The minimum atomic E-state index is -0.909. The molecule has 2 atom stereocenters. The van der Waals surface area contributed by atoms with Crippen LogP contribution in [-0.2, 0) is 19.1 Å². The Hall–Kier alpha value is -2.92. The molecule has 1 heterocycles. The van der Waals surface area contributed by atoms with Gasteiger partial charge in [-0.25, -0.2) is 4.79 Å². The van der Waals surface area contributed by atoms with Crippen molar-refractivity contribution < 1.29 is 19.1 Å². The molecule has 1 saturated heterocycles. The number of amides is 2. The zero-order valence-corrected chi connectivity index (χ0v) is 14.6. The predicted octanol–water partition coefficient (Wildman–Crippen LogP) is 0.121. The van der Waals surface area contributed by atoms with Gasteiger partial charge in [-0.1, -0.05) is 30.3 Å². The first-order valence-electron chi connectivity index (χ1n) is 8.38. The van der Waals surface area contributed by atoms with Gasteiger partial charge in [0.15, 0.2) is 6.04 Å². The Labute approximate surface area is 152 Å². The molecule has 0 saturated carbocycles. The molecule has 1 aliphatic heterocycles. The molecule has 1 aromatic rings. The van der Waals surface area contributed by atoms with Crippen LogP contribution in [-0.4, -0.2) is 55.5 Å². The van der Waals surface area contributed by atoms with Gasteiger partial charge in [-0.2, -0.15) is 5.26 Å². The summed E-state index contributed by atoms with van der Waals surface area (Å²) < 4.78 is 4.74. The van der Waals surface area contributed by atoms with Crippen LogP contribution in [0.15, 0.2) is 30.3 Å². The van der Waals surface area contributed by atoms with E-state index in [1.165, 1.54) is 12.0 Å². The molecule has 0 aliphatic carbocycles. The Balaban J connectivity index is 1.84. The molecule has 0 aromatic heterocycles. The smallest absolute Gasteiger partial charge is 0.333 e. The van der Waals surface area contributed by atoms with Gasteiger partial charge in [0.05, 0.1) is 26.3 Å². The largest absolute Gasteiger partial charge is 0.467 e. The molecule has 1 aliphatic rings. The van der Waals surface area contributed by atoms with E-state index in [0.29, 0.717) is 18.5 Å². The van der Waals surface area contributed by atoms with E-state index in [2.05, 4.69) is 16.7 Å². The standard InChI is InChI=1S/C18H22N4O4/c1-26-18(25)17(13-6-3-2-4-7-13)21-15(23)11-20-12-16(24)22-9-5-8-14(22)10-19/h2-4,6-7,14,17,20H,5,8-9,11-12H2,1H3,(H,21,23)/t14-,17+/m0/s1. The summed E-state index contributed by atoms with van der Waals surface area (Å²) in [4.78, 5) is 37.7. The van der Waals surface area contributed by atoms with E-state index < -0.39 is 17.9 Å². The number of benzene rings is 1. The molecular weight excluding hydrogens is 336 g/mol. The van der Waals surface area contributed by atoms with Crippen LogP contribution in [0.4, 0.5) is 0 Å². The van der Waals surface area contributed by atoms with Crippen LogP contribution in [0.3, 0.4) is 0 Å². The number of ether oxygens (including phenoxy) is 1. The number of likely N-dealkylation sites (tertiary alicyclic amines) is 1. The lowest BCUT2D eigenvalue weighted by Gasteiger charge is -2.20. The molecule has 8 heteroatoms. The highest BCUT2D eigenvalue weighted by Crippen LogP contribution is 2.16. The van der Waals surface area contributed by atoms with Crippen molar-refractivity contribution in [3.8, 4) is 6.07 Å². The molecule has 2 N–H and O–H groups in total. The quantitative estimate of drug-likeness (QED) is 0.670. The highest BCUT2D eigenvalue weighted by molar-refractivity contribution is 5.87. The second-order valence-electron chi connectivity index (χ2n) is 5.91. The summed E-state index contributed by atoms with van der Waals surface area (Å²) in [5.74, 6) is -1.22. The van der Waals surface area contributed by atoms with Gasteiger partial charge in [-0.3, -0.25) is 14.9 Å². The van der Waals surface area contributed by atoms with Crippen molar-refractivity contribution in [3.63, 3.8) is 0 Å². The highest BCUT2D eigenvalue weighted by Gasteiger charge is 2.28. The van der Waals surface area contributed by atoms with Crippen LogP contribution < -0.4 is 10.6 Å². The number of esters is 1. The van der Waals surface area contributed by atoms with Crippen molar-refractivity contribution in [2.75, 3.05) is 26.7 Å². The molecule has 138 valence electrons. The van der Waals surface area contributed by atoms with Crippen molar-refractivity contribution in [2.45, 2.75) is 24.9 Å². The van der Waals surface area contributed by atoms with Crippen molar-refractivity contribution in [1.29, 1.82) is 5.26 Å². The van der Waals surface area contributed by atoms with Gasteiger partial charge in [0.2, 0.25) is 11.8 Å². The number of nitrogens with zero attached hydrogens (tertiary/aromatic N) is 2. The van der Waals surface area contributed by atoms with Crippen molar-refractivity contribution >= 4 is 17.8 Å². The summed E-state index contributed by atoms with van der Waals surface area (Å²) in [7, 11) is 1.25. The number of methoxy groups -OCH3 is 1. The zero-order chi connectivity index (χ0) is 18.9. The van der Waals surface area contributed by atoms with Gasteiger partial charge < -0.3 is 15.0 Å². The van der Waals surface area contributed by atoms with E-state index >= 15 is 0 Å². The first-order chi connectivity index (χ1) is 12.6. The van der Waals surface area contributed by atoms with E-state index in [4.69, 9.17) is 10.00 Å². The first-order valence-corrected chi connectivity index (χ1v) is 8.38. The second-order valence-corrected chi connectivity index (χ2v) is 5.91. The van der Waals surface area contributed by atoms with Gasteiger partial charge in [0.25, 0.3) is 0 Å². The second kappa shape index (κ2) is 9.53. The summed E-state index contributed by atoms with van der Waals surface area (Å²) in [6, 6.07) is 9.56. The van der Waals surface area contributed by atoms with Gasteiger partial charge in [0.1, 0.15) is 6.04 Å². The first kappa shape index (κ1) is 19.4. The third-order valence-corrected chi connectivity index (χ3v) is 4.16. The Morgan fingerprint density at radius 3 is 2.69 bits per heavy atom. The van der Waals surface area contributed by atoms with Gasteiger partial charge in [-0.15, -0.1) is 0 Å². The SMILES string of the molecule is COC(=O)[C@H](NC(=O)CNCC(=O)N1CCC[C@H]1C#N)c1ccccc1. The topological polar surface area (TPSA) is 112 Å². The molecule has 0 radical (unpaired) electrons. The molecule has 1 aromatic carbocycles. The van der Waals surface area contributed by atoms with Crippen molar-refractivity contribution in [2.24, 2.45) is 0 Å².